The molecule has 1 aromatic heterocycles. The molecule has 0 radical (unpaired) electrons. The van der Waals surface area contributed by atoms with Crippen LogP contribution < -0.4 is 11.0 Å². The highest BCUT2D eigenvalue weighted by atomic mass is 35.5. The van der Waals surface area contributed by atoms with Gasteiger partial charge in [-0.2, -0.15) is 0 Å². The summed E-state index contributed by atoms with van der Waals surface area (Å²) in [6.07, 6.45) is 0. The number of imidazole rings is 1. The predicted molar refractivity (Wildman–Crippen MR) is 82.7 cm³/mol. The number of fused-ring (bicyclic) bond motifs is 1. The molecule has 0 fully saturated rings. The Morgan fingerprint density at radius 2 is 1.70 bits per heavy atom. The van der Waals surface area contributed by atoms with E-state index >= 15 is 0 Å². The average Bonchev–Trinajstić information content (AvgIpc) is 2.77. The maximum absolute atomic E-state index is 11.2. The van der Waals surface area contributed by atoms with Crippen molar-refractivity contribution in [2.75, 3.05) is 5.32 Å². The molecule has 0 atom stereocenters. The normalized spacial score (nSPS) is 10.9. The smallest absolute Gasteiger partial charge is 0.323 e. The molecular formula is C14H11Cl2N3O. The van der Waals surface area contributed by atoms with Crippen LogP contribution in [0.1, 0.15) is 5.56 Å². The molecule has 0 amide bonds. The van der Waals surface area contributed by atoms with Gasteiger partial charge in [-0.3, -0.25) is 0 Å². The molecule has 102 valence electrons. The van der Waals surface area contributed by atoms with Gasteiger partial charge in [0.25, 0.3) is 0 Å². The van der Waals surface area contributed by atoms with E-state index < -0.39 is 0 Å². The molecule has 0 spiro atoms. The highest BCUT2D eigenvalue weighted by molar-refractivity contribution is 6.36. The van der Waals surface area contributed by atoms with Crippen molar-refractivity contribution in [3.8, 4) is 0 Å². The largest absolute Gasteiger partial charge is 0.381 e. The molecule has 3 rings (SSSR count). The standard InChI is InChI=1S/C14H11Cl2N3O/c15-10-2-1-3-11(16)9(10)7-17-8-4-5-12-13(6-8)19-14(20)18-12/h1-6,17H,7H2,(H2,18,19,20). The molecule has 0 aliphatic carbocycles. The Morgan fingerprint density at radius 1 is 1.00 bits per heavy atom. The second kappa shape index (κ2) is 5.23. The number of rotatable bonds is 3. The Balaban J connectivity index is 1.84. The van der Waals surface area contributed by atoms with Crippen LogP contribution >= 0.6 is 23.2 Å². The second-order valence-corrected chi connectivity index (χ2v) is 5.21. The van der Waals surface area contributed by atoms with Crippen molar-refractivity contribution < 1.29 is 0 Å². The predicted octanol–water partition coefficient (Wildman–Crippen LogP) is 3.78. The van der Waals surface area contributed by atoms with Crippen LogP contribution in [-0.4, -0.2) is 9.97 Å². The number of hydrogen-bond acceptors (Lipinski definition) is 2. The SMILES string of the molecule is O=c1[nH]c2ccc(NCc3c(Cl)cccc3Cl)cc2[nH]1. The zero-order valence-electron chi connectivity index (χ0n) is 10.3. The number of aromatic amines is 2. The van der Waals surface area contributed by atoms with E-state index in [4.69, 9.17) is 23.2 Å². The molecule has 0 aliphatic heterocycles. The van der Waals surface area contributed by atoms with E-state index in [2.05, 4.69) is 15.3 Å². The monoisotopic (exact) mass is 307 g/mol. The van der Waals surface area contributed by atoms with Gasteiger partial charge in [0.1, 0.15) is 0 Å². The zero-order chi connectivity index (χ0) is 14.1. The maximum atomic E-state index is 11.2. The molecular weight excluding hydrogens is 297 g/mol. The van der Waals surface area contributed by atoms with Crippen LogP contribution in [0, 0.1) is 0 Å². The molecule has 3 N–H and O–H groups in total. The van der Waals surface area contributed by atoms with Gasteiger partial charge in [0.2, 0.25) is 0 Å². The Morgan fingerprint density at radius 3 is 2.45 bits per heavy atom. The molecule has 4 nitrogen and oxygen atoms in total. The van der Waals surface area contributed by atoms with Gasteiger partial charge in [-0.25, -0.2) is 4.79 Å². The van der Waals surface area contributed by atoms with Crippen LogP contribution in [-0.2, 0) is 6.54 Å². The van der Waals surface area contributed by atoms with Gasteiger partial charge in [-0.15, -0.1) is 0 Å². The Kier molecular flexibility index (Phi) is 3.42. The number of H-pyrrole nitrogens is 2. The molecule has 3 aromatic rings. The summed E-state index contributed by atoms with van der Waals surface area (Å²) in [4.78, 5) is 16.6. The summed E-state index contributed by atoms with van der Waals surface area (Å²) in [7, 11) is 0. The van der Waals surface area contributed by atoms with E-state index in [-0.39, 0.29) is 5.69 Å². The van der Waals surface area contributed by atoms with Crippen molar-refractivity contribution in [2.24, 2.45) is 0 Å². The number of benzene rings is 2. The molecule has 1 heterocycles. The van der Waals surface area contributed by atoms with Crippen molar-refractivity contribution in [3.05, 3.63) is 62.5 Å². The Labute approximate surface area is 124 Å². The lowest BCUT2D eigenvalue weighted by atomic mass is 10.2. The molecule has 20 heavy (non-hydrogen) atoms. The fourth-order valence-corrected chi connectivity index (χ4v) is 2.57. The van der Waals surface area contributed by atoms with Crippen LogP contribution in [0.4, 0.5) is 5.69 Å². The topological polar surface area (TPSA) is 60.7 Å². The average molecular weight is 308 g/mol. The van der Waals surface area contributed by atoms with Crippen molar-refractivity contribution in [1.82, 2.24) is 9.97 Å². The van der Waals surface area contributed by atoms with E-state index in [1.165, 1.54) is 0 Å². The van der Waals surface area contributed by atoms with Crippen LogP contribution in [0.25, 0.3) is 11.0 Å². The van der Waals surface area contributed by atoms with Crippen molar-refractivity contribution in [1.29, 1.82) is 0 Å². The quantitative estimate of drug-likeness (QED) is 0.689. The van der Waals surface area contributed by atoms with Crippen LogP contribution in [0.5, 0.6) is 0 Å². The van der Waals surface area contributed by atoms with E-state index in [1.807, 2.05) is 24.3 Å². The lowest BCUT2D eigenvalue weighted by Crippen LogP contribution is -2.01. The first-order valence-electron chi connectivity index (χ1n) is 6.02. The fraction of sp³-hybridized carbons (Fsp3) is 0.0714. The lowest BCUT2D eigenvalue weighted by molar-refractivity contribution is 1.15. The molecule has 6 heteroatoms. The van der Waals surface area contributed by atoms with Crippen molar-refractivity contribution in [2.45, 2.75) is 6.54 Å². The molecule has 0 saturated carbocycles. The Bertz CT molecular complexity index is 802. The van der Waals surface area contributed by atoms with Gasteiger partial charge >= 0.3 is 5.69 Å². The summed E-state index contributed by atoms with van der Waals surface area (Å²) in [6, 6.07) is 11.0. The second-order valence-electron chi connectivity index (χ2n) is 4.39. The number of halogens is 2. The van der Waals surface area contributed by atoms with Gasteiger partial charge in [0.05, 0.1) is 11.0 Å². The third kappa shape index (κ3) is 2.53. The minimum atomic E-state index is -0.216. The summed E-state index contributed by atoms with van der Waals surface area (Å²) in [5, 5.41) is 4.49. The lowest BCUT2D eigenvalue weighted by Gasteiger charge is -2.09. The molecule has 2 aromatic carbocycles. The van der Waals surface area contributed by atoms with Crippen molar-refractivity contribution >= 4 is 39.9 Å². The third-order valence-corrected chi connectivity index (χ3v) is 3.76. The molecule has 0 bridgehead atoms. The van der Waals surface area contributed by atoms with Crippen molar-refractivity contribution in [3.63, 3.8) is 0 Å². The highest BCUT2D eigenvalue weighted by Crippen LogP contribution is 2.25. The van der Waals surface area contributed by atoms with E-state index in [0.29, 0.717) is 16.6 Å². The van der Waals surface area contributed by atoms with E-state index in [0.717, 1.165) is 22.3 Å². The first kappa shape index (κ1) is 13.1. The summed E-state index contributed by atoms with van der Waals surface area (Å²) in [5.74, 6) is 0. The third-order valence-electron chi connectivity index (χ3n) is 3.05. The molecule has 0 unspecified atom stereocenters. The zero-order valence-corrected chi connectivity index (χ0v) is 11.8. The fourth-order valence-electron chi connectivity index (χ4n) is 2.03. The first-order valence-corrected chi connectivity index (χ1v) is 6.78. The number of nitrogens with one attached hydrogen (secondary N) is 3. The van der Waals surface area contributed by atoms with Gasteiger partial charge < -0.3 is 15.3 Å². The molecule has 0 aliphatic rings. The number of anilines is 1. The van der Waals surface area contributed by atoms with Crippen LogP contribution in [0.3, 0.4) is 0 Å². The number of hydrogen-bond donors (Lipinski definition) is 3. The van der Waals surface area contributed by atoms with Crippen LogP contribution in [0.2, 0.25) is 10.0 Å². The van der Waals surface area contributed by atoms with Gasteiger partial charge in [-0.1, -0.05) is 29.3 Å². The van der Waals surface area contributed by atoms with Crippen LogP contribution in [0.15, 0.2) is 41.2 Å². The summed E-state index contributed by atoms with van der Waals surface area (Å²) < 4.78 is 0. The molecule has 0 saturated heterocycles. The van der Waals surface area contributed by atoms with E-state index in [9.17, 15) is 4.79 Å². The minimum absolute atomic E-state index is 0.216. The minimum Gasteiger partial charge on any atom is -0.381 e. The summed E-state index contributed by atoms with van der Waals surface area (Å²) in [5.41, 5.74) is 3.04. The van der Waals surface area contributed by atoms with Gasteiger partial charge in [0.15, 0.2) is 0 Å². The first-order chi connectivity index (χ1) is 9.63. The van der Waals surface area contributed by atoms with E-state index in [1.54, 1.807) is 12.1 Å². The number of aromatic nitrogens is 2. The maximum Gasteiger partial charge on any atom is 0.323 e. The summed E-state index contributed by atoms with van der Waals surface area (Å²) in [6.45, 7) is 0.513. The highest BCUT2D eigenvalue weighted by Gasteiger charge is 2.05. The van der Waals surface area contributed by atoms with Gasteiger partial charge in [-0.05, 0) is 30.3 Å². The van der Waals surface area contributed by atoms with Gasteiger partial charge in [0, 0.05) is 27.8 Å². The summed E-state index contributed by atoms with van der Waals surface area (Å²) >= 11 is 12.2. The Hall–Kier alpha value is -1.91.